The summed E-state index contributed by atoms with van der Waals surface area (Å²) in [6.07, 6.45) is -4.87. The van der Waals surface area contributed by atoms with E-state index in [1.165, 1.54) is 24.3 Å². The van der Waals surface area contributed by atoms with Crippen LogP contribution in [0.2, 0.25) is 0 Å². The van der Waals surface area contributed by atoms with E-state index in [-0.39, 0.29) is 11.1 Å². The van der Waals surface area contributed by atoms with E-state index < -0.39 is 48.1 Å². The molecular formula is C21H18ClFO7. The van der Waals surface area contributed by atoms with Crippen molar-refractivity contribution in [2.45, 2.75) is 30.5 Å². The highest BCUT2D eigenvalue weighted by Gasteiger charge is 2.61. The lowest BCUT2D eigenvalue weighted by molar-refractivity contribution is -0.186. The maximum absolute atomic E-state index is 15.2. The lowest BCUT2D eigenvalue weighted by atomic mass is 10.1. The van der Waals surface area contributed by atoms with Gasteiger partial charge in [-0.2, -0.15) is 0 Å². The van der Waals surface area contributed by atoms with Crippen molar-refractivity contribution in [3.8, 4) is 0 Å². The summed E-state index contributed by atoms with van der Waals surface area (Å²) >= 11 is 5.92. The maximum Gasteiger partial charge on any atom is 0.338 e. The first kappa shape index (κ1) is 21.7. The molecule has 0 aromatic heterocycles. The summed E-state index contributed by atoms with van der Waals surface area (Å²) in [5.41, 5.74) is 0.420. The minimum Gasteiger partial charge on any atom is -0.459 e. The summed E-state index contributed by atoms with van der Waals surface area (Å²) in [6, 6.07) is 15.9. The fourth-order valence-corrected chi connectivity index (χ4v) is 3.10. The van der Waals surface area contributed by atoms with E-state index >= 15 is 4.39 Å². The van der Waals surface area contributed by atoms with Crippen LogP contribution < -0.4 is 0 Å². The predicted molar refractivity (Wildman–Crippen MR) is 102 cm³/mol. The molecule has 0 spiro atoms. The lowest BCUT2D eigenvalue weighted by Gasteiger charge is -2.24. The molecule has 1 heterocycles. The third-order valence-electron chi connectivity index (χ3n) is 4.23. The molecule has 2 aromatic rings. The van der Waals surface area contributed by atoms with Gasteiger partial charge in [0.1, 0.15) is 12.7 Å². The Labute approximate surface area is 176 Å². The third-order valence-corrected chi connectivity index (χ3v) is 4.63. The number of carbonyl (C=O) groups is 3. The zero-order valence-electron chi connectivity index (χ0n) is 15.8. The molecule has 1 aliphatic rings. The van der Waals surface area contributed by atoms with Gasteiger partial charge >= 0.3 is 17.9 Å². The van der Waals surface area contributed by atoms with Gasteiger partial charge in [0, 0.05) is 6.92 Å². The summed E-state index contributed by atoms with van der Waals surface area (Å²) in [5.74, 6) is -2.41. The van der Waals surface area contributed by atoms with Gasteiger partial charge in [-0.25, -0.2) is 14.0 Å². The van der Waals surface area contributed by atoms with Crippen LogP contribution in [0.3, 0.4) is 0 Å². The van der Waals surface area contributed by atoms with Gasteiger partial charge in [0.2, 0.25) is 0 Å². The van der Waals surface area contributed by atoms with Crippen LogP contribution in [0.4, 0.5) is 4.39 Å². The highest BCUT2D eigenvalue weighted by molar-refractivity contribution is 6.24. The minimum absolute atomic E-state index is 0.154. The van der Waals surface area contributed by atoms with E-state index in [9.17, 15) is 14.4 Å². The smallest absolute Gasteiger partial charge is 0.338 e. The highest BCUT2D eigenvalue weighted by Crippen LogP contribution is 2.41. The number of halogens is 2. The molecule has 2 aromatic carbocycles. The van der Waals surface area contributed by atoms with E-state index in [0.29, 0.717) is 0 Å². The highest BCUT2D eigenvalue weighted by atomic mass is 35.5. The zero-order valence-corrected chi connectivity index (χ0v) is 16.6. The fraction of sp³-hybridized carbons (Fsp3) is 0.286. The molecule has 158 valence electrons. The second-order valence-electron chi connectivity index (χ2n) is 6.45. The van der Waals surface area contributed by atoms with E-state index in [4.69, 9.17) is 30.5 Å². The van der Waals surface area contributed by atoms with E-state index in [0.717, 1.165) is 6.92 Å². The van der Waals surface area contributed by atoms with Crippen LogP contribution in [0, 0.1) is 0 Å². The summed E-state index contributed by atoms with van der Waals surface area (Å²) < 4.78 is 35.7. The average Bonchev–Trinajstić information content (AvgIpc) is 2.96. The van der Waals surface area contributed by atoms with Gasteiger partial charge in [-0.15, -0.1) is 0 Å². The first-order valence-electron chi connectivity index (χ1n) is 8.97. The minimum atomic E-state index is -2.89. The molecule has 1 saturated heterocycles. The zero-order chi connectivity index (χ0) is 21.7. The number of carbonyl (C=O) groups excluding carboxylic acids is 3. The van der Waals surface area contributed by atoms with Gasteiger partial charge in [0.15, 0.2) is 6.10 Å². The summed E-state index contributed by atoms with van der Waals surface area (Å²) in [5, 5.41) is -2.89. The van der Waals surface area contributed by atoms with E-state index in [2.05, 4.69) is 0 Å². The molecule has 0 bridgehead atoms. The van der Waals surface area contributed by atoms with Crippen molar-refractivity contribution in [1.29, 1.82) is 0 Å². The van der Waals surface area contributed by atoms with Crippen LogP contribution >= 0.6 is 11.6 Å². The molecule has 30 heavy (non-hydrogen) atoms. The van der Waals surface area contributed by atoms with Crippen LogP contribution in [0.15, 0.2) is 60.7 Å². The van der Waals surface area contributed by atoms with Crippen LogP contribution in [-0.2, 0) is 23.7 Å². The molecule has 7 nitrogen and oxygen atoms in total. The number of ether oxygens (including phenoxy) is 4. The van der Waals surface area contributed by atoms with Crippen molar-refractivity contribution in [3.63, 3.8) is 0 Å². The number of hydrogen-bond acceptors (Lipinski definition) is 7. The number of alkyl halides is 2. The molecular weight excluding hydrogens is 419 g/mol. The summed E-state index contributed by atoms with van der Waals surface area (Å²) in [6.45, 7) is 0.556. The topological polar surface area (TPSA) is 88.1 Å². The van der Waals surface area contributed by atoms with Gasteiger partial charge < -0.3 is 18.9 Å². The predicted octanol–water partition coefficient (Wildman–Crippen LogP) is 3.26. The molecule has 1 unspecified atom stereocenters. The van der Waals surface area contributed by atoms with Gasteiger partial charge in [-0.1, -0.05) is 48.0 Å². The quantitative estimate of drug-likeness (QED) is 0.390. The normalized spacial score (nSPS) is 25.4. The van der Waals surface area contributed by atoms with Crippen LogP contribution in [-0.4, -0.2) is 48.1 Å². The molecule has 4 atom stereocenters. The first-order valence-corrected chi connectivity index (χ1v) is 9.35. The molecule has 1 aliphatic heterocycles. The van der Waals surface area contributed by atoms with Crippen LogP contribution in [0.25, 0.3) is 0 Å². The Morgan fingerprint density at radius 1 is 0.967 bits per heavy atom. The SMILES string of the molecule is CC(=O)OC1O[C@H](COC(=O)c2ccccc2)[C@@H](OC(=O)c2ccccc2)[C@]1(F)Cl. The third kappa shape index (κ3) is 4.95. The monoisotopic (exact) mass is 436 g/mol. The Morgan fingerprint density at radius 2 is 1.50 bits per heavy atom. The van der Waals surface area contributed by atoms with Crippen LogP contribution in [0.1, 0.15) is 27.6 Å². The number of esters is 3. The van der Waals surface area contributed by atoms with Crippen molar-refractivity contribution in [2.75, 3.05) is 6.61 Å². The van der Waals surface area contributed by atoms with Gasteiger partial charge in [0.05, 0.1) is 11.1 Å². The van der Waals surface area contributed by atoms with Crippen molar-refractivity contribution in [1.82, 2.24) is 0 Å². The van der Waals surface area contributed by atoms with Gasteiger partial charge in [0.25, 0.3) is 11.4 Å². The Hall–Kier alpha value is -2.97. The maximum atomic E-state index is 15.2. The molecule has 0 N–H and O–H groups in total. The number of rotatable bonds is 6. The molecule has 3 rings (SSSR count). The molecule has 0 aliphatic carbocycles. The Bertz CT molecular complexity index is 904. The molecule has 0 radical (unpaired) electrons. The van der Waals surface area contributed by atoms with Crippen LogP contribution in [0.5, 0.6) is 0 Å². The second-order valence-corrected chi connectivity index (χ2v) is 7.03. The molecule has 0 saturated carbocycles. The van der Waals surface area contributed by atoms with Crippen molar-refractivity contribution in [2.24, 2.45) is 0 Å². The van der Waals surface area contributed by atoms with Crippen molar-refractivity contribution < 1.29 is 37.7 Å². The molecule has 1 fully saturated rings. The Morgan fingerprint density at radius 3 is 2.03 bits per heavy atom. The summed E-state index contributed by atoms with van der Waals surface area (Å²) in [4.78, 5) is 35.9. The largest absolute Gasteiger partial charge is 0.459 e. The number of hydrogen-bond donors (Lipinski definition) is 0. The summed E-state index contributed by atoms with van der Waals surface area (Å²) in [7, 11) is 0. The standard InChI is InChI=1S/C21H18ClFO7/c1-13(24)28-20-21(22,23)17(30-19(26)15-10-6-3-7-11-15)16(29-20)12-27-18(25)14-8-4-2-5-9-14/h2-11,16-17,20H,12H2,1H3/t16-,17-,20?,21-/m1/s1. The van der Waals surface area contributed by atoms with Crippen molar-refractivity contribution in [3.05, 3.63) is 71.8 Å². The molecule has 9 heteroatoms. The first-order chi connectivity index (χ1) is 14.3. The van der Waals surface area contributed by atoms with Gasteiger partial charge in [-0.05, 0) is 24.3 Å². The van der Waals surface area contributed by atoms with E-state index in [1.54, 1.807) is 36.4 Å². The van der Waals surface area contributed by atoms with E-state index in [1.807, 2.05) is 0 Å². The van der Waals surface area contributed by atoms with Gasteiger partial charge in [-0.3, -0.25) is 4.79 Å². The molecule has 0 amide bonds. The number of benzene rings is 2. The Kier molecular flexibility index (Phi) is 6.69. The lowest BCUT2D eigenvalue weighted by Crippen LogP contribution is -2.44. The van der Waals surface area contributed by atoms with Crippen molar-refractivity contribution >= 4 is 29.5 Å². The second kappa shape index (κ2) is 9.23. The fourth-order valence-electron chi connectivity index (χ4n) is 2.81. The Balaban J connectivity index is 1.76. The average molecular weight is 437 g/mol.